The molecule has 8 nitrogen and oxygen atoms in total. The molecule has 27 heavy (non-hydrogen) atoms. The molecule has 0 radical (unpaired) electrons. The van der Waals surface area contributed by atoms with E-state index in [1.165, 1.54) is 14.2 Å². The van der Waals surface area contributed by atoms with Crippen LogP contribution in [0.3, 0.4) is 0 Å². The van der Waals surface area contributed by atoms with Crippen LogP contribution in [-0.2, 0) is 30.3 Å². The number of amides is 2. The van der Waals surface area contributed by atoms with Crippen LogP contribution in [0.5, 0.6) is 0 Å². The van der Waals surface area contributed by atoms with Crippen molar-refractivity contribution in [2.24, 2.45) is 5.73 Å². The minimum Gasteiger partial charge on any atom is -0.466 e. The maximum absolute atomic E-state index is 11.8. The molecule has 1 aromatic rings. The molecule has 0 aliphatic heterocycles. The van der Waals surface area contributed by atoms with E-state index in [1.807, 2.05) is 12.1 Å². The van der Waals surface area contributed by atoms with Crippen LogP contribution in [0.15, 0.2) is 35.9 Å². The number of esters is 2. The van der Waals surface area contributed by atoms with Crippen LogP contribution in [-0.4, -0.2) is 44.5 Å². The van der Waals surface area contributed by atoms with Crippen LogP contribution in [0, 0.1) is 0 Å². The van der Waals surface area contributed by atoms with Gasteiger partial charge in [-0.05, 0) is 43.4 Å². The monoisotopic (exact) mass is 376 g/mol. The first-order valence-corrected chi connectivity index (χ1v) is 8.39. The number of carbonyl (C=O) groups is 4. The summed E-state index contributed by atoms with van der Waals surface area (Å²) in [6.45, 7) is -0.206. The second-order valence-corrected chi connectivity index (χ2v) is 5.74. The van der Waals surface area contributed by atoms with Crippen LogP contribution >= 0.6 is 0 Å². The van der Waals surface area contributed by atoms with Crippen LogP contribution in [0.25, 0.3) is 0 Å². The Morgan fingerprint density at radius 2 is 1.70 bits per heavy atom. The largest absolute Gasteiger partial charge is 0.466 e. The quantitative estimate of drug-likeness (QED) is 0.355. The first-order chi connectivity index (χ1) is 12.9. The van der Waals surface area contributed by atoms with Crippen LogP contribution in [0.1, 0.15) is 35.2 Å². The van der Waals surface area contributed by atoms with Gasteiger partial charge in [-0.15, -0.1) is 0 Å². The van der Waals surface area contributed by atoms with Gasteiger partial charge in [0.25, 0.3) is 5.91 Å². The lowest BCUT2D eigenvalue weighted by atomic mass is 10.0. The summed E-state index contributed by atoms with van der Waals surface area (Å²) < 4.78 is 9.19. The fourth-order valence-electron chi connectivity index (χ4n) is 2.30. The SMILES string of the molecule is COC(=O)/C=C(/CCCCc1ccc(C(=O)NCC(N)=O)cc1)C(=O)OC. The number of carbonyl (C=O) groups excluding carboxylic acids is 4. The van der Waals surface area contributed by atoms with E-state index in [9.17, 15) is 19.2 Å². The third-order valence-corrected chi connectivity index (χ3v) is 3.74. The van der Waals surface area contributed by atoms with Crippen LogP contribution in [0.2, 0.25) is 0 Å². The third kappa shape index (κ3) is 8.17. The van der Waals surface area contributed by atoms with Gasteiger partial charge in [0.2, 0.25) is 5.91 Å². The first-order valence-electron chi connectivity index (χ1n) is 8.39. The van der Waals surface area contributed by atoms with Gasteiger partial charge >= 0.3 is 11.9 Å². The van der Waals surface area contributed by atoms with Gasteiger partial charge in [-0.25, -0.2) is 9.59 Å². The van der Waals surface area contributed by atoms with Crippen molar-refractivity contribution in [2.45, 2.75) is 25.7 Å². The number of unbranched alkanes of at least 4 members (excludes halogenated alkanes) is 1. The van der Waals surface area contributed by atoms with Crippen LogP contribution < -0.4 is 11.1 Å². The molecule has 0 heterocycles. The van der Waals surface area contributed by atoms with E-state index in [-0.39, 0.29) is 18.0 Å². The van der Waals surface area contributed by atoms with Crippen molar-refractivity contribution in [3.05, 3.63) is 47.0 Å². The molecule has 2 amide bonds. The van der Waals surface area contributed by atoms with Crippen molar-refractivity contribution in [3.8, 4) is 0 Å². The van der Waals surface area contributed by atoms with Gasteiger partial charge in [0, 0.05) is 17.2 Å². The molecule has 146 valence electrons. The van der Waals surface area contributed by atoms with Crippen molar-refractivity contribution < 1.29 is 28.7 Å². The standard InChI is InChI=1S/C19H24N2O6/c1-26-17(23)11-15(19(25)27-2)6-4-3-5-13-7-9-14(10-8-13)18(24)21-12-16(20)22/h7-11H,3-6,12H2,1-2H3,(H2,20,22)(H,21,24)/b15-11-. The molecule has 0 bridgehead atoms. The molecule has 0 spiro atoms. The highest BCUT2D eigenvalue weighted by atomic mass is 16.5. The van der Waals surface area contributed by atoms with Gasteiger partial charge < -0.3 is 20.5 Å². The highest BCUT2D eigenvalue weighted by molar-refractivity contribution is 5.96. The summed E-state index contributed by atoms with van der Waals surface area (Å²) in [6, 6.07) is 6.99. The highest BCUT2D eigenvalue weighted by Crippen LogP contribution is 2.13. The Labute approximate surface area is 157 Å². The Morgan fingerprint density at radius 1 is 1.04 bits per heavy atom. The average molecular weight is 376 g/mol. The van der Waals surface area contributed by atoms with Crippen molar-refractivity contribution in [2.75, 3.05) is 20.8 Å². The molecule has 0 fully saturated rings. The summed E-state index contributed by atoms with van der Waals surface area (Å²) in [7, 11) is 2.50. The van der Waals surface area contributed by atoms with E-state index in [4.69, 9.17) is 5.73 Å². The van der Waals surface area contributed by atoms with E-state index in [1.54, 1.807) is 12.1 Å². The number of rotatable bonds is 10. The van der Waals surface area contributed by atoms with Crippen LogP contribution in [0.4, 0.5) is 0 Å². The Hall–Kier alpha value is -3.16. The molecular weight excluding hydrogens is 352 g/mol. The number of primary amides is 1. The average Bonchev–Trinajstić information content (AvgIpc) is 2.67. The number of methoxy groups -OCH3 is 2. The van der Waals surface area contributed by atoms with E-state index in [0.29, 0.717) is 18.4 Å². The second-order valence-electron chi connectivity index (χ2n) is 5.74. The maximum atomic E-state index is 11.8. The van der Waals surface area contributed by atoms with Gasteiger partial charge in [0.1, 0.15) is 0 Å². The van der Waals surface area contributed by atoms with E-state index in [0.717, 1.165) is 24.5 Å². The lowest BCUT2D eigenvalue weighted by Gasteiger charge is -2.07. The zero-order valence-corrected chi connectivity index (χ0v) is 15.4. The third-order valence-electron chi connectivity index (χ3n) is 3.74. The van der Waals surface area contributed by atoms with Gasteiger partial charge in [-0.2, -0.15) is 0 Å². The smallest absolute Gasteiger partial charge is 0.333 e. The summed E-state index contributed by atoms with van der Waals surface area (Å²) in [5.74, 6) is -2.11. The zero-order valence-electron chi connectivity index (χ0n) is 15.4. The Kier molecular flexibility index (Phi) is 9.28. The van der Waals surface area contributed by atoms with Crippen molar-refractivity contribution in [3.63, 3.8) is 0 Å². The summed E-state index contributed by atoms with van der Waals surface area (Å²) in [4.78, 5) is 45.4. The van der Waals surface area contributed by atoms with Gasteiger partial charge in [-0.3, -0.25) is 9.59 Å². The minimum atomic E-state index is -0.604. The molecule has 0 saturated carbocycles. The molecule has 0 aromatic heterocycles. The lowest BCUT2D eigenvalue weighted by Crippen LogP contribution is -2.33. The summed E-state index contributed by atoms with van der Waals surface area (Å²) in [5.41, 5.74) is 6.72. The number of nitrogens with two attached hydrogens (primary N) is 1. The molecule has 1 aromatic carbocycles. The summed E-state index contributed by atoms with van der Waals surface area (Å²) >= 11 is 0. The molecule has 0 aliphatic carbocycles. The topological polar surface area (TPSA) is 125 Å². The minimum absolute atomic E-state index is 0.206. The first kappa shape index (κ1) is 21.9. The van der Waals surface area contributed by atoms with E-state index >= 15 is 0 Å². The van der Waals surface area contributed by atoms with Gasteiger partial charge in [0.15, 0.2) is 0 Å². The normalized spacial score (nSPS) is 10.8. The van der Waals surface area contributed by atoms with E-state index in [2.05, 4.69) is 14.8 Å². The fraction of sp³-hybridized carbons (Fsp3) is 0.368. The zero-order chi connectivity index (χ0) is 20.2. The fourth-order valence-corrected chi connectivity index (χ4v) is 2.30. The van der Waals surface area contributed by atoms with E-state index < -0.39 is 17.8 Å². The summed E-state index contributed by atoms with van der Waals surface area (Å²) in [5, 5.41) is 2.42. The van der Waals surface area contributed by atoms with Crippen molar-refractivity contribution in [1.29, 1.82) is 0 Å². The molecule has 3 N–H and O–H groups in total. The highest BCUT2D eigenvalue weighted by Gasteiger charge is 2.12. The number of aryl methyl sites for hydroxylation is 1. The number of ether oxygens (including phenoxy) is 2. The summed E-state index contributed by atoms with van der Waals surface area (Å²) in [6.07, 6.45) is 3.75. The Balaban J connectivity index is 2.50. The molecule has 8 heteroatoms. The Bertz CT molecular complexity index is 709. The molecular formula is C19H24N2O6. The number of benzene rings is 1. The molecule has 0 unspecified atom stereocenters. The van der Waals surface area contributed by atoms with Gasteiger partial charge in [0.05, 0.1) is 20.8 Å². The van der Waals surface area contributed by atoms with Crippen molar-refractivity contribution >= 4 is 23.8 Å². The molecule has 0 atom stereocenters. The predicted octanol–water partition coefficient (Wildman–Crippen LogP) is 0.887. The lowest BCUT2D eigenvalue weighted by molar-refractivity contribution is -0.138. The number of hydrogen-bond donors (Lipinski definition) is 2. The molecule has 0 aliphatic rings. The predicted molar refractivity (Wildman–Crippen MR) is 97.6 cm³/mol. The molecule has 0 saturated heterocycles. The Morgan fingerprint density at radius 3 is 2.26 bits per heavy atom. The second kappa shape index (κ2) is 11.5. The molecule has 1 rings (SSSR count). The number of hydrogen-bond acceptors (Lipinski definition) is 6. The van der Waals surface area contributed by atoms with Crippen molar-refractivity contribution in [1.82, 2.24) is 5.32 Å². The maximum Gasteiger partial charge on any atom is 0.333 e. The number of nitrogens with one attached hydrogen (secondary N) is 1. The van der Waals surface area contributed by atoms with Gasteiger partial charge in [-0.1, -0.05) is 12.1 Å².